The van der Waals surface area contributed by atoms with Gasteiger partial charge in [-0.2, -0.15) is 5.10 Å². The first-order chi connectivity index (χ1) is 11.5. The first-order valence-electron chi connectivity index (χ1n) is 8.08. The second-order valence-corrected chi connectivity index (χ2v) is 7.14. The Morgan fingerprint density at radius 1 is 1.33 bits per heavy atom. The van der Waals surface area contributed by atoms with E-state index in [-0.39, 0.29) is 0 Å². The smallest absolute Gasteiger partial charge is 0.166 e. The Labute approximate surface area is 151 Å². The van der Waals surface area contributed by atoms with Crippen LogP contribution in [0.1, 0.15) is 38.7 Å². The van der Waals surface area contributed by atoms with Crippen molar-refractivity contribution in [2.24, 2.45) is 0 Å². The minimum absolute atomic E-state index is 0.513. The van der Waals surface area contributed by atoms with Crippen molar-refractivity contribution in [3.8, 4) is 0 Å². The Hall–Kier alpha value is -1.14. The van der Waals surface area contributed by atoms with Crippen molar-refractivity contribution >= 4 is 23.2 Å². The standard InChI is InChI=1S/C17H21Cl2N3O2/c1-3-8-23-16(2)6-7-17(24-16,10-22-12-20-11-21-22)14-5-4-13(18)9-15(14)19/h4-5,9,11-12H,3,6-8,10H2,1-2H3. The van der Waals surface area contributed by atoms with Crippen molar-refractivity contribution in [3.05, 3.63) is 46.5 Å². The maximum atomic E-state index is 6.49. The van der Waals surface area contributed by atoms with E-state index in [2.05, 4.69) is 17.0 Å². The molecule has 130 valence electrons. The molecule has 0 saturated carbocycles. The molecule has 0 bridgehead atoms. The van der Waals surface area contributed by atoms with Crippen molar-refractivity contribution in [2.75, 3.05) is 6.61 Å². The summed E-state index contributed by atoms with van der Waals surface area (Å²) in [6.07, 6.45) is 5.68. The molecule has 0 aliphatic carbocycles. The van der Waals surface area contributed by atoms with E-state index in [1.807, 2.05) is 19.1 Å². The van der Waals surface area contributed by atoms with E-state index in [0.717, 1.165) is 24.8 Å². The highest BCUT2D eigenvalue weighted by Gasteiger charge is 2.50. The van der Waals surface area contributed by atoms with Crippen LogP contribution in [0.15, 0.2) is 30.9 Å². The van der Waals surface area contributed by atoms with Crippen LogP contribution in [-0.4, -0.2) is 27.2 Å². The molecule has 2 unspecified atom stereocenters. The largest absolute Gasteiger partial charge is 0.350 e. The fourth-order valence-electron chi connectivity index (χ4n) is 3.19. The summed E-state index contributed by atoms with van der Waals surface area (Å²) in [5, 5.41) is 5.41. The van der Waals surface area contributed by atoms with E-state index in [9.17, 15) is 0 Å². The summed E-state index contributed by atoms with van der Waals surface area (Å²) < 4.78 is 14.2. The molecular weight excluding hydrogens is 349 g/mol. The second kappa shape index (κ2) is 7.00. The molecule has 1 fully saturated rings. The fourth-order valence-corrected chi connectivity index (χ4v) is 3.77. The molecular formula is C17H21Cl2N3O2. The number of aromatic nitrogens is 3. The van der Waals surface area contributed by atoms with Crippen molar-refractivity contribution in [3.63, 3.8) is 0 Å². The normalized spacial score (nSPS) is 26.8. The molecule has 1 aromatic heterocycles. The summed E-state index contributed by atoms with van der Waals surface area (Å²) in [6, 6.07) is 5.50. The molecule has 1 aliphatic rings. The minimum atomic E-state index is -0.639. The highest BCUT2D eigenvalue weighted by Crippen LogP contribution is 2.48. The average molecular weight is 370 g/mol. The first-order valence-corrected chi connectivity index (χ1v) is 8.84. The lowest BCUT2D eigenvalue weighted by Crippen LogP contribution is -2.37. The Morgan fingerprint density at radius 2 is 2.17 bits per heavy atom. The highest BCUT2D eigenvalue weighted by atomic mass is 35.5. The predicted molar refractivity (Wildman–Crippen MR) is 93.1 cm³/mol. The molecule has 1 saturated heterocycles. The minimum Gasteiger partial charge on any atom is -0.350 e. The fraction of sp³-hybridized carbons (Fsp3) is 0.529. The maximum Gasteiger partial charge on any atom is 0.166 e. The lowest BCUT2D eigenvalue weighted by Gasteiger charge is -2.34. The summed E-state index contributed by atoms with van der Waals surface area (Å²) >= 11 is 12.5. The van der Waals surface area contributed by atoms with Crippen LogP contribution in [0.2, 0.25) is 10.0 Å². The Kier molecular flexibility index (Phi) is 5.16. The lowest BCUT2D eigenvalue weighted by atomic mass is 9.90. The molecule has 0 N–H and O–H groups in total. The van der Waals surface area contributed by atoms with Gasteiger partial charge in [0.05, 0.1) is 6.54 Å². The quantitative estimate of drug-likeness (QED) is 0.755. The van der Waals surface area contributed by atoms with E-state index in [1.54, 1.807) is 17.1 Å². The Bertz CT molecular complexity index is 695. The van der Waals surface area contributed by atoms with Crippen LogP contribution < -0.4 is 0 Å². The van der Waals surface area contributed by atoms with Crippen LogP contribution in [0.5, 0.6) is 0 Å². The van der Waals surface area contributed by atoms with Gasteiger partial charge in [0.25, 0.3) is 0 Å². The molecule has 0 spiro atoms. The second-order valence-electron chi connectivity index (χ2n) is 6.30. The third-order valence-corrected chi connectivity index (χ3v) is 4.86. The van der Waals surface area contributed by atoms with Gasteiger partial charge in [0.15, 0.2) is 5.79 Å². The summed E-state index contributed by atoms with van der Waals surface area (Å²) in [6.45, 7) is 5.23. The molecule has 1 aromatic carbocycles. The van der Waals surface area contributed by atoms with E-state index >= 15 is 0 Å². The highest BCUT2D eigenvalue weighted by molar-refractivity contribution is 6.35. The molecule has 7 heteroatoms. The van der Waals surface area contributed by atoms with E-state index in [1.165, 1.54) is 6.33 Å². The van der Waals surface area contributed by atoms with Gasteiger partial charge in [-0.05, 0) is 31.9 Å². The van der Waals surface area contributed by atoms with Gasteiger partial charge in [-0.1, -0.05) is 36.2 Å². The number of halogens is 2. The number of benzene rings is 1. The zero-order valence-electron chi connectivity index (χ0n) is 13.8. The Morgan fingerprint density at radius 3 is 2.83 bits per heavy atom. The van der Waals surface area contributed by atoms with Gasteiger partial charge in [-0.15, -0.1) is 0 Å². The van der Waals surface area contributed by atoms with Crippen molar-refractivity contribution in [1.82, 2.24) is 14.8 Å². The molecule has 1 aliphatic heterocycles. The van der Waals surface area contributed by atoms with Gasteiger partial charge < -0.3 is 9.47 Å². The Balaban J connectivity index is 1.96. The van der Waals surface area contributed by atoms with Crippen molar-refractivity contribution in [1.29, 1.82) is 0 Å². The van der Waals surface area contributed by atoms with Gasteiger partial charge in [0.1, 0.15) is 18.3 Å². The van der Waals surface area contributed by atoms with Gasteiger partial charge in [-0.3, -0.25) is 0 Å². The molecule has 2 aromatic rings. The number of hydrogen-bond acceptors (Lipinski definition) is 4. The van der Waals surface area contributed by atoms with Crippen LogP contribution in [0, 0.1) is 0 Å². The lowest BCUT2D eigenvalue weighted by molar-refractivity contribution is -0.247. The van der Waals surface area contributed by atoms with E-state index < -0.39 is 11.4 Å². The van der Waals surface area contributed by atoms with Gasteiger partial charge >= 0.3 is 0 Å². The topological polar surface area (TPSA) is 49.2 Å². The number of nitrogens with zero attached hydrogens (tertiary/aromatic N) is 3. The number of hydrogen-bond donors (Lipinski definition) is 0. The zero-order valence-corrected chi connectivity index (χ0v) is 15.3. The van der Waals surface area contributed by atoms with Gasteiger partial charge in [-0.25, -0.2) is 9.67 Å². The molecule has 24 heavy (non-hydrogen) atoms. The summed E-state index contributed by atoms with van der Waals surface area (Å²) in [4.78, 5) is 4.02. The van der Waals surface area contributed by atoms with Gasteiger partial charge in [0.2, 0.25) is 0 Å². The molecule has 5 nitrogen and oxygen atoms in total. The summed E-state index contributed by atoms with van der Waals surface area (Å²) in [5.74, 6) is -0.639. The molecule has 2 atom stereocenters. The monoisotopic (exact) mass is 369 g/mol. The van der Waals surface area contributed by atoms with Gasteiger partial charge in [0, 0.05) is 28.6 Å². The average Bonchev–Trinajstić information content (AvgIpc) is 3.15. The molecule has 2 heterocycles. The van der Waals surface area contributed by atoms with Crippen molar-refractivity contribution < 1.29 is 9.47 Å². The SMILES string of the molecule is CCCOC1(C)CCC(Cn2cncn2)(c2ccc(Cl)cc2Cl)O1. The van der Waals surface area contributed by atoms with Crippen LogP contribution in [0.4, 0.5) is 0 Å². The summed E-state index contributed by atoms with van der Waals surface area (Å²) in [7, 11) is 0. The van der Waals surface area contributed by atoms with E-state index in [4.69, 9.17) is 32.7 Å². The summed E-state index contributed by atoms with van der Waals surface area (Å²) in [5.41, 5.74) is 0.269. The maximum absolute atomic E-state index is 6.49. The predicted octanol–water partition coefficient (Wildman–Crippen LogP) is 4.43. The van der Waals surface area contributed by atoms with Crippen molar-refractivity contribution in [2.45, 2.75) is 51.0 Å². The van der Waals surface area contributed by atoms with Crippen LogP contribution in [-0.2, 0) is 21.6 Å². The zero-order chi connectivity index (χ0) is 17.2. The van der Waals surface area contributed by atoms with E-state index in [0.29, 0.717) is 23.2 Å². The van der Waals surface area contributed by atoms with Crippen LogP contribution >= 0.6 is 23.2 Å². The number of ether oxygens (including phenoxy) is 2. The molecule has 0 radical (unpaired) electrons. The molecule has 3 rings (SSSR count). The van der Waals surface area contributed by atoms with Crippen LogP contribution in [0.3, 0.4) is 0 Å². The number of rotatable bonds is 6. The third kappa shape index (κ3) is 3.59. The first kappa shape index (κ1) is 17.7. The van der Waals surface area contributed by atoms with Crippen LogP contribution in [0.25, 0.3) is 0 Å². The third-order valence-electron chi connectivity index (χ3n) is 4.31. The molecule has 0 amide bonds.